The van der Waals surface area contributed by atoms with Crippen LogP contribution in [0.4, 0.5) is 0 Å². The second kappa shape index (κ2) is 11.2. The van der Waals surface area contributed by atoms with Gasteiger partial charge in [0.25, 0.3) is 0 Å². The zero-order valence-electron chi connectivity index (χ0n) is 14.0. The van der Waals surface area contributed by atoms with Gasteiger partial charge in [0.05, 0.1) is 30.3 Å². The molecule has 0 bridgehead atoms. The van der Waals surface area contributed by atoms with Gasteiger partial charge in [0.15, 0.2) is 0 Å². The number of carboxylic acids is 1. The summed E-state index contributed by atoms with van der Waals surface area (Å²) >= 11 is 0. The van der Waals surface area contributed by atoms with E-state index < -0.39 is 24.2 Å². The van der Waals surface area contributed by atoms with Gasteiger partial charge in [-0.05, 0) is 36.4 Å². The van der Waals surface area contributed by atoms with Crippen molar-refractivity contribution in [2.24, 2.45) is 5.11 Å². The van der Waals surface area contributed by atoms with E-state index in [-0.39, 0.29) is 75.4 Å². The molecular formula is C14H21KN4O4. The zero-order valence-corrected chi connectivity index (χ0v) is 17.1. The second-order valence-corrected chi connectivity index (χ2v) is 5.22. The van der Waals surface area contributed by atoms with Gasteiger partial charge >= 0.3 is 51.4 Å². The Bertz CT molecular complexity index is 501. The van der Waals surface area contributed by atoms with Crippen molar-refractivity contribution in [1.82, 2.24) is 5.32 Å². The Kier molecular flexibility index (Phi) is 11.0. The molecular weight excluding hydrogens is 327 g/mol. The fourth-order valence-electron chi connectivity index (χ4n) is 2.51. The average Bonchev–Trinajstić information content (AvgIpc) is 2.46. The molecule has 1 N–H and O–H groups in total. The summed E-state index contributed by atoms with van der Waals surface area (Å²) in [5, 5.41) is 17.5. The van der Waals surface area contributed by atoms with E-state index >= 15 is 0 Å². The first-order valence-electron chi connectivity index (χ1n) is 7.31. The fourth-order valence-corrected chi connectivity index (χ4v) is 2.51. The van der Waals surface area contributed by atoms with E-state index in [1.807, 2.05) is 13.8 Å². The molecule has 0 heterocycles. The van der Waals surface area contributed by atoms with E-state index in [1.54, 1.807) is 0 Å². The molecule has 0 aromatic rings. The Morgan fingerprint density at radius 2 is 2.13 bits per heavy atom. The van der Waals surface area contributed by atoms with Gasteiger partial charge in [-0.3, -0.25) is 4.79 Å². The second-order valence-electron chi connectivity index (χ2n) is 5.22. The molecule has 0 saturated heterocycles. The van der Waals surface area contributed by atoms with Crippen molar-refractivity contribution >= 4 is 11.9 Å². The summed E-state index contributed by atoms with van der Waals surface area (Å²) in [6, 6.07) is -1.33. The van der Waals surface area contributed by atoms with Crippen LogP contribution in [0, 0.1) is 0 Å². The molecule has 0 aromatic heterocycles. The summed E-state index contributed by atoms with van der Waals surface area (Å²) in [7, 11) is 0. The van der Waals surface area contributed by atoms with E-state index in [9.17, 15) is 14.7 Å². The normalized spacial score (nSPS) is 23.3. The first-order valence-corrected chi connectivity index (χ1v) is 7.31. The van der Waals surface area contributed by atoms with E-state index in [4.69, 9.17) is 10.3 Å². The number of hydrogen-bond donors (Lipinski definition) is 1. The topological polar surface area (TPSA) is 127 Å². The maximum absolute atomic E-state index is 11.4. The predicted octanol–water partition coefficient (Wildman–Crippen LogP) is -2.17. The summed E-state index contributed by atoms with van der Waals surface area (Å²) in [6.45, 7) is 5.26. The Morgan fingerprint density at radius 1 is 1.52 bits per heavy atom. The number of nitrogens with zero attached hydrogens (tertiary/aromatic N) is 3. The minimum Gasteiger partial charge on any atom is -0.545 e. The Balaban J connectivity index is 0.00000484. The number of amides is 1. The van der Waals surface area contributed by atoms with Crippen molar-refractivity contribution in [2.45, 2.75) is 64.3 Å². The SMILES string of the molecule is CCC(CC)O[C@@H]1C=C(C(=O)[O-])C[C@H](N=[N+]=[N-])[C@H]1NC(C)=O.[K+]. The summed E-state index contributed by atoms with van der Waals surface area (Å²) in [5.41, 5.74) is 8.70. The molecule has 0 fully saturated rings. The fraction of sp³-hybridized carbons (Fsp3) is 0.714. The van der Waals surface area contributed by atoms with Crippen molar-refractivity contribution in [2.75, 3.05) is 0 Å². The van der Waals surface area contributed by atoms with Gasteiger partial charge in [-0.15, -0.1) is 0 Å². The standard InChI is InChI=1S/C14H22N4O4.K/c1-4-10(5-2)22-12-7-9(14(20)21)6-11(17-18-15)13(12)16-8(3)19;/h7,10-13H,4-6H2,1-3H3,(H,16,19)(H,20,21);/q;+1/p-1/t11-,12+,13+;/m0./s1. The third kappa shape index (κ3) is 6.92. The summed E-state index contributed by atoms with van der Waals surface area (Å²) in [5.74, 6) is -1.62. The van der Waals surface area contributed by atoms with Crippen LogP contribution in [-0.4, -0.2) is 36.2 Å². The smallest absolute Gasteiger partial charge is 0.545 e. The zero-order chi connectivity index (χ0) is 16.7. The third-order valence-electron chi connectivity index (χ3n) is 3.66. The van der Waals surface area contributed by atoms with Gasteiger partial charge < -0.3 is 20.0 Å². The van der Waals surface area contributed by atoms with E-state index in [0.29, 0.717) is 0 Å². The van der Waals surface area contributed by atoms with Gasteiger partial charge in [0.1, 0.15) is 0 Å². The number of carbonyl (C=O) groups is 2. The molecule has 23 heavy (non-hydrogen) atoms. The van der Waals surface area contributed by atoms with E-state index in [1.165, 1.54) is 13.0 Å². The molecule has 1 rings (SSSR count). The van der Waals surface area contributed by atoms with Crippen molar-refractivity contribution in [1.29, 1.82) is 0 Å². The molecule has 8 nitrogen and oxygen atoms in total. The largest absolute Gasteiger partial charge is 1.00 e. The average molecular weight is 348 g/mol. The number of aliphatic carboxylic acids is 1. The van der Waals surface area contributed by atoms with Crippen molar-refractivity contribution in [3.8, 4) is 0 Å². The summed E-state index contributed by atoms with van der Waals surface area (Å²) in [4.78, 5) is 25.3. The number of carboxylic acid groups (broad SMARTS) is 1. The molecule has 0 spiro atoms. The van der Waals surface area contributed by atoms with Gasteiger partial charge in [-0.1, -0.05) is 19.0 Å². The predicted molar refractivity (Wildman–Crippen MR) is 77.5 cm³/mol. The van der Waals surface area contributed by atoms with Crippen LogP contribution in [0.5, 0.6) is 0 Å². The molecule has 9 heteroatoms. The van der Waals surface area contributed by atoms with Gasteiger partial charge in [0.2, 0.25) is 5.91 Å². The van der Waals surface area contributed by atoms with Crippen LogP contribution >= 0.6 is 0 Å². The number of nitrogens with one attached hydrogen (secondary N) is 1. The van der Waals surface area contributed by atoms with Gasteiger partial charge in [0, 0.05) is 11.8 Å². The van der Waals surface area contributed by atoms with Crippen LogP contribution in [0.25, 0.3) is 10.4 Å². The third-order valence-corrected chi connectivity index (χ3v) is 3.66. The van der Waals surface area contributed by atoms with Crippen LogP contribution in [-0.2, 0) is 14.3 Å². The van der Waals surface area contributed by atoms with Gasteiger partial charge in [-0.25, -0.2) is 0 Å². The molecule has 0 aromatic carbocycles. The van der Waals surface area contributed by atoms with Crippen LogP contribution in [0.2, 0.25) is 0 Å². The number of rotatable bonds is 7. The maximum Gasteiger partial charge on any atom is 1.00 e. The molecule has 122 valence electrons. The number of carbonyl (C=O) groups excluding carboxylic acids is 2. The first-order chi connectivity index (χ1) is 10.4. The van der Waals surface area contributed by atoms with Gasteiger partial charge in [-0.2, -0.15) is 0 Å². The molecule has 1 amide bonds. The molecule has 3 atom stereocenters. The molecule has 1 aliphatic carbocycles. The van der Waals surface area contributed by atoms with Crippen LogP contribution < -0.4 is 61.8 Å². The van der Waals surface area contributed by atoms with Crippen LogP contribution in [0.15, 0.2) is 16.8 Å². The number of ether oxygens (including phenoxy) is 1. The Labute approximate surface area is 178 Å². The summed E-state index contributed by atoms with van der Waals surface area (Å²) in [6.07, 6.45) is 2.19. The van der Waals surface area contributed by atoms with Crippen LogP contribution in [0.3, 0.4) is 0 Å². The Hall–Kier alpha value is -0.414. The maximum atomic E-state index is 11.4. The monoisotopic (exact) mass is 348 g/mol. The molecule has 1 aliphatic rings. The molecule has 0 radical (unpaired) electrons. The van der Waals surface area contributed by atoms with E-state index in [2.05, 4.69) is 15.3 Å². The number of hydrogen-bond acceptors (Lipinski definition) is 5. The summed E-state index contributed by atoms with van der Waals surface area (Å²) < 4.78 is 5.89. The molecule has 0 aliphatic heterocycles. The van der Waals surface area contributed by atoms with Crippen molar-refractivity contribution in [3.63, 3.8) is 0 Å². The van der Waals surface area contributed by atoms with Crippen molar-refractivity contribution in [3.05, 3.63) is 22.1 Å². The minimum absolute atomic E-state index is 0. The quantitative estimate of drug-likeness (QED) is 0.243. The van der Waals surface area contributed by atoms with E-state index in [0.717, 1.165) is 12.8 Å². The Morgan fingerprint density at radius 3 is 2.57 bits per heavy atom. The molecule has 0 saturated carbocycles. The van der Waals surface area contributed by atoms with Crippen LogP contribution in [0.1, 0.15) is 40.0 Å². The first kappa shape index (κ1) is 22.6. The number of azide groups is 1. The molecule has 0 unspecified atom stereocenters. The minimum atomic E-state index is -1.32. The van der Waals surface area contributed by atoms with Crippen molar-refractivity contribution < 1.29 is 70.8 Å².